The normalized spacial score (nSPS) is 21.6. The van der Waals surface area contributed by atoms with Crippen molar-refractivity contribution in [1.29, 1.82) is 0 Å². The van der Waals surface area contributed by atoms with Crippen molar-refractivity contribution in [1.82, 2.24) is 0 Å². The lowest BCUT2D eigenvalue weighted by atomic mass is 9.80. The maximum atomic E-state index is 4.00. The molecule has 0 bridgehead atoms. The molecule has 3 aliphatic carbocycles. The molecule has 246 valence electrons. The summed E-state index contributed by atoms with van der Waals surface area (Å²) in [7, 11) is 12.5. The SMILES string of the molecule is C1=CCC2(C1)CSSCCCSSC2.CCC1(CC)CC=CC1.CCCCS.CCCCSSCC1(CC)CC=CC1. The van der Waals surface area contributed by atoms with Crippen LogP contribution in [0.1, 0.15) is 125 Å². The highest BCUT2D eigenvalue weighted by Gasteiger charge is 2.31. The van der Waals surface area contributed by atoms with Gasteiger partial charge in [0.25, 0.3) is 0 Å². The first-order chi connectivity index (χ1) is 20.5. The van der Waals surface area contributed by atoms with Gasteiger partial charge in [-0.25, -0.2) is 0 Å². The molecule has 0 radical (unpaired) electrons. The Morgan fingerprint density at radius 1 is 0.595 bits per heavy atom. The van der Waals surface area contributed by atoms with Crippen molar-refractivity contribution in [3.8, 4) is 0 Å². The van der Waals surface area contributed by atoms with Gasteiger partial charge in [0.15, 0.2) is 0 Å². The van der Waals surface area contributed by atoms with Crippen molar-refractivity contribution in [2.24, 2.45) is 16.2 Å². The van der Waals surface area contributed by atoms with Crippen molar-refractivity contribution in [2.75, 3.05) is 40.3 Å². The fourth-order valence-electron chi connectivity index (χ4n) is 5.08. The number of hydrogen-bond acceptors (Lipinski definition) is 7. The van der Waals surface area contributed by atoms with E-state index in [0.717, 1.165) is 5.75 Å². The fraction of sp³-hybridized carbons (Fsp3) is 0.829. The van der Waals surface area contributed by atoms with Gasteiger partial charge >= 0.3 is 0 Å². The quantitative estimate of drug-likeness (QED) is 0.0975. The minimum Gasteiger partial charge on any atom is -0.179 e. The van der Waals surface area contributed by atoms with E-state index in [0.29, 0.717) is 16.2 Å². The van der Waals surface area contributed by atoms with Crippen LogP contribution in [0.15, 0.2) is 36.5 Å². The van der Waals surface area contributed by atoms with E-state index in [1.807, 2.05) is 0 Å². The Morgan fingerprint density at radius 3 is 1.48 bits per heavy atom. The molecule has 4 aliphatic rings. The lowest BCUT2D eigenvalue weighted by Crippen LogP contribution is -2.22. The summed E-state index contributed by atoms with van der Waals surface area (Å²) in [4.78, 5) is 0. The Labute approximate surface area is 292 Å². The topological polar surface area (TPSA) is 0 Å². The second kappa shape index (κ2) is 26.7. The molecule has 1 fully saturated rings. The van der Waals surface area contributed by atoms with Crippen LogP contribution in [0.4, 0.5) is 0 Å². The predicted molar refractivity (Wildman–Crippen MR) is 216 cm³/mol. The zero-order chi connectivity index (χ0) is 30.8. The first kappa shape index (κ1) is 41.7. The standard InChI is InChI=1S/C12H22S2.C10H16S4.C9H16.C4H10S/c1-3-5-10-13-14-11-12(4-2)8-6-7-9-12;1-2-5-10(4-1)8-13-11-6-3-7-12-14-9-10;1-3-9(4-2)7-5-6-8-9;1-2-3-4-5/h6-7H,3-5,8-11H2,1-2H3;1-2H,3-9H2;5-6H,3-4,7-8H2,1-2H3;5H,2-4H2,1H3. The minimum absolute atomic E-state index is 0.604. The average Bonchev–Trinajstić information content (AvgIpc) is 3.81. The van der Waals surface area contributed by atoms with Crippen molar-refractivity contribution in [3.63, 3.8) is 0 Å². The van der Waals surface area contributed by atoms with E-state index < -0.39 is 0 Å². The molecule has 42 heavy (non-hydrogen) atoms. The summed E-state index contributed by atoms with van der Waals surface area (Å²) in [6, 6.07) is 0. The molecule has 0 amide bonds. The maximum absolute atomic E-state index is 4.00. The van der Waals surface area contributed by atoms with Crippen LogP contribution in [-0.2, 0) is 0 Å². The Morgan fingerprint density at radius 2 is 1.07 bits per heavy atom. The van der Waals surface area contributed by atoms with Gasteiger partial charge in [0.2, 0.25) is 0 Å². The van der Waals surface area contributed by atoms with E-state index >= 15 is 0 Å². The Kier molecular flexibility index (Phi) is 26.5. The van der Waals surface area contributed by atoms with Crippen LogP contribution in [0.5, 0.6) is 0 Å². The van der Waals surface area contributed by atoms with Crippen LogP contribution in [-0.4, -0.2) is 40.3 Å². The summed E-state index contributed by atoms with van der Waals surface area (Å²) in [5.41, 5.74) is 1.89. The monoisotopic (exact) mass is 708 g/mol. The van der Waals surface area contributed by atoms with Gasteiger partial charge in [-0.1, -0.05) is 149 Å². The number of hydrogen-bond donors (Lipinski definition) is 1. The van der Waals surface area contributed by atoms with Gasteiger partial charge in [0.05, 0.1) is 0 Å². The van der Waals surface area contributed by atoms with E-state index in [1.54, 1.807) is 0 Å². The van der Waals surface area contributed by atoms with Crippen LogP contribution >= 0.6 is 77.4 Å². The molecule has 0 N–H and O–H groups in total. The van der Waals surface area contributed by atoms with Crippen molar-refractivity contribution in [3.05, 3.63) is 36.5 Å². The Hall–Kier alpha value is 1.67. The lowest BCUT2D eigenvalue weighted by molar-refractivity contribution is 0.285. The summed E-state index contributed by atoms with van der Waals surface area (Å²) in [6.07, 6.45) is 32.6. The van der Waals surface area contributed by atoms with Crippen molar-refractivity contribution in [2.45, 2.75) is 125 Å². The van der Waals surface area contributed by atoms with E-state index in [1.165, 1.54) is 124 Å². The lowest BCUT2D eigenvalue weighted by Gasteiger charge is -2.28. The van der Waals surface area contributed by atoms with Crippen LogP contribution in [0, 0.1) is 16.2 Å². The van der Waals surface area contributed by atoms with Crippen molar-refractivity contribution < 1.29 is 0 Å². The zero-order valence-electron chi connectivity index (χ0n) is 27.7. The Bertz CT molecular complexity index is 674. The van der Waals surface area contributed by atoms with E-state index in [2.05, 4.69) is 148 Å². The second-order valence-electron chi connectivity index (χ2n) is 12.2. The maximum Gasteiger partial charge on any atom is 0.0108 e. The highest BCUT2D eigenvalue weighted by Crippen LogP contribution is 2.45. The van der Waals surface area contributed by atoms with Crippen LogP contribution in [0.3, 0.4) is 0 Å². The van der Waals surface area contributed by atoms with Crippen LogP contribution < -0.4 is 0 Å². The summed E-state index contributed by atoms with van der Waals surface area (Å²) in [6.45, 7) is 11.4. The first-order valence-electron chi connectivity index (χ1n) is 16.8. The second-order valence-corrected chi connectivity index (χ2v) is 20.4. The number of allylic oxidation sites excluding steroid dienone is 6. The molecule has 4 rings (SSSR count). The minimum atomic E-state index is 0.604. The number of rotatable bonds is 11. The molecule has 0 aromatic heterocycles. The highest BCUT2D eigenvalue weighted by atomic mass is 33.1. The number of unbranched alkanes of at least 4 members (excludes halogenated alkanes) is 2. The molecule has 1 heterocycles. The zero-order valence-corrected chi connectivity index (χ0v) is 33.5. The van der Waals surface area contributed by atoms with Gasteiger partial charge in [-0.2, -0.15) is 12.6 Å². The third kappa shape index (κ3) is 18.1. The van der Waals surface area contributed by atoms with Gasteiger partial charge in [-0.15, -0.1) is 0 Å². The molecule has 1 aliphatic heterocycles. The molecular formula is C35H64S7. The summed E-state index contributed by atoms with van der Waals surface area (Å²) in [5.74, 6) is 9.07. The molecule has 1 saturated heterocycles. The van der Waals surface area contributed by atoms with Crippen molar-refractivity contribution >= 4 is 77.4 Å². The molecule has 0 atom stereocenters. The third-order valence-corrected chi connectivity index (χ3v) is 17.4. The average molecular weight is 709 g/mol. The van der Waals surface area contributed by atoms with Gasteiger partial charge in [-0.05, 0) is 99.0 Å². The summed E-state index contributed by atoms with van der Waals surface area (Å²) < 4.78 is 0. The van der Waals surface area contributed by atoms with E-state index in [4.69, 9.17) is 0 Å². The molecule has 7 heteroatoms. The molecular weight excluding hydrogens is 645 g/mol. The van der Waals surface area contributed by atoms with Gasteiger partial charge in [0.1, 0.15) is 0 Å². The number of thiol groups is 1. The summed E-state index contributed by atoms with van der Waals surface area (Å²) in [5, 5.41) is 0. The van der Waals surface area contributed by atoms with Gasteiger partial charge < -0.3 is 0 Å². The van der Waals surface area contributed by atoms with Gasteiger partial charge in [-0.3, -0.25) is 0 Å². The summed E-state index contributed by atoms with van der Waals surface area (Å²) >= 11 is 4.00. The van der Waals surface area contributed by atoms with Crippen LogP contribution in [0.2, 0.25) is 0 Å². The molecule has 0 aromatic rings. The highest BCUT2D eigenvalue weighted by molar-refractivity contribution is 8.77. The molecule has 0 aromatic carbocycles. The molecule has 0 nitrogen and oxygen atoms in total. The largest absolute Gasteiger partial charge is 0.179 e. The molecule has 0 saturated carbocycles. The molecule has 1 spiro atoms. The van der Waals surface area contributed by atoms with Gasteiger partial charge in [0, 0.05) is 34.5 Å². The third-order valence-electron chi connectivity index (χ3n) is 8.95. The first-order valence-corrected chi connectivity index (χ1v) is 24.9. The fourth-order valence-corrected chi connectivity index (χ4v) is 14.2. The van der Waals surface area contributed by atoms with Crippen LogP contribution in [0.25, 0.3) is 0 Å². The van der Waals surface area contributed by atoms with E-state index in [9.17, 15) is 0 Å². The predicted octanol–water partition coefficient (Wildman–Crippen LogP) is 14.3. The molecule has 0 unspecified atom stereocenters. The van der Waals surface area contributed by atoms with E-state index in [-0.39, 0.29) is 0 Å². The Balaban J connectivity index is 0.000000297. The smallest absolute Gasteiger partial charge is 0.0108 e.